The molecule has 1 aliphatic carbocycles. The lowest BCUT2D eigenvalue weighted by Gasteiger charge is -2.27. The number of carbonyl (C=O) groups excluding carboxylic acids is 1. The molecule has 1 saturated heterocycles. The molecule has 5 nitrogen and oxygen atoms in total. The molecule has 1 aliphatic heterocycles. The molecule has 3 unspecified atom stereocenters. The zero-order chi connectivity index (χ0) is 13.4. The van der Waals surface area contributed by atoms with Crippen molar-refractivity contribution in [3.63, 3.8) is 0 Å². The highest BCUT2D eigenvalue weighted by molar-refractivity contribution is 7.91. The van der Waals surface area contributed by atoms with E-state index < -0.39 is 15.4 Å². The van der Waals surface area contributed by atoms with E-state index in [1.54, 1.807) is 0 Å². The first-order valence-corrected chi connectivity index (χ1v) is 8.40. The second-order valence-electron chi connectivity index (χ2n) is 5.93. The minimum absolute atomic E-state index is 0.0115. The van der Waals surface area contributed by atoms with Gasteiger partial charge < -0.3 is 11.1 Å². The third-order valence-corrected chi connectivity index (χ3v) is 6.13. The molecule has 0 bridgehead atoms. The topological polar surface area (TPSA) is 89.3 Å². The normalized spacial score (nSPS) is 38.8. The molecule has 1 saturated carbocycles. The monoisotopic (exact) mass is 274 g/mol. The standard InChI is InChI=1S/C12H22N2O3S/c1-12(5-6-18(16,17)8-12)14-11(15)10-4-2-3-9(10)7-13/h9-10H,2-8,13H2,1H3,(H,14,15). The minimum atomic E-state index is -2.98. The van der Waals surface area contributed by atoms with Gasteiger partial charge in [-0.05, 0) is 38.6 Å². The Morgan fingerprint density at radius 2 is 2.17 bits per heavy atom. The van der Waals surface area contributed by atoms with Crippen LogP contribution in [0.5, 0.6) is 0 Å². The number of amides is 1. The van der Waals surface area contributed by atoms with Crippen molar-refractivity contribution >= 4 is 15.7 Å². The average molecular weight is 274 g/mol. The van der Waals surface area contributed by atoms with E-state index in [2.05, 4.69) is 5.32 Å². The fraction of sp³-hybridized carbons (Fsp3) is 0.917. The summed E-state index contributed by atoms with van der Waals surface area (Å²) >= 11 is 0. The summed E-state index contributed by atoms with van der Waals surface area (Å²) in [5.74, 6) is 0.449. The van der Waals surface area contributed by atoms with Gasteiger partial charge >= 0.3 is 0 Å². The number of sulfone groups is 1. The van der Waals surface area contributed by atoms with Gasteiger partial charge in [-0.2, -0.15) is 0 Å². The molecule has 2 aliphatic rings. The molecular weight excluding hydrogens is 252 g/mol. The maximum absolute atomic E-state index is 12.2. The molecule has 1 heterocycles. The van der Waals surface area contributed by atoms with Gasteiger partial charge in [0.15, 0.2) is 9.84 Å². The Labute approximate surface area is 108 Å². The van der Waals surface area contributed by atoms with Crippen molar-refractivity contribution in [1.82, 2.24) is 5.32 Å². The van der Waals surface area contributed by atoms with E-state index in [0.717, 1.165) is 19.3 Å². The van der Waals surface area contributed by atoms with Crippen LogP contribution in [0.2, 0.25) is 0 Å². The van der Waals surface area contributed by atoms with E-state index in [0.29, 0.717) is 13.0 Å². The maximum atomic E-state index is 12.2. The zero-order valence-corrected chi connectivity index (χ0v) is 11.6. The van der Waals surface area contributed by atoms with Crippen LogP contribution in [0, 0.1) is 11.8 Å². The van der Waals surface area contributed by atoms with Crippen LogP contribution >= 0.6 is 0 Å². The molecule has 3 N–H and O–H groups in total. The first-order valence-electron chi connectivity index (χ1n) is 6.58. The Morgan fingerprint density at radius 1 is 1.44 bits per heavy atom. The molecule has 0 radical (unpaired) electrons. The third-order valence-electron chi connectivity index (χ3n) is 4.23. The van der Waals surface area contributed by atoms with Gasteiger partial charge in [0, 0.05) is 5.92 Å². The van der Waals surface area contributed by atoms with Gasteiger partial charge in [0.25, 0.3) is 0 Å². The Hall–Kier alpha value is -0.620. The van der Waals surface area contributed by atoms with Crippen LogP contribution < -0.4 is 11.1 Å². The van der Waals surface area contributed by atoms with Crippen molar-refractivity contribution in [3.8, 4) is 0 Å². The van der Waals surface area contributed by atoms with Crippen LogP contribution in [-0.4, -0.2) is 37.9 Å². The zero-order valence-electron chi connectivity index (χ0n) is 10.8. The lowest BCUT2D eigenvalue weighted by atomic mass is 9.93. The summed E-state index contributed by atoms with van der Waals surface area (Å²) in [6, 6.07) is 0. The quantitative estimate of drug-likeness (QED) is 0.761. The SMILES string of the molecule is CC1(NC(=O)C2CCCC2CN)CCS(=O)(=O)C1. The van der Waals surface area contributed by atoms with Crippen LogP contribution in [-0.2, 0) is 14.6 Å². The number of nitrogens with two attached hydrogens (primary N) is 1. The predicted molar refractivity (Wildman–Crippen MR) is 69.7 cm³/mol. The molecule has 0 aromatic rings. The molecule has 0 aromatic heterocycles. The molecule has 0 spiro atoms. The summed E-state index contributed by atoms with van der Waals surface area (Å²) in [6.07, 6.45) is 3.43. The minimum Gasteiger partial charge on any atom is -0.350 e. The van der Waals surface area contributed by atoms with Crippen LogP contribution in [0.15, 0.2) is 0 Å². The fourth-order valence-corrected chi connectivity index (χ4v) is 5.26. The van der Waals surface area contributed by atoms with Gasteiger partial charge in [-0.3, -0.25) is 4.79 Å². The van der Waals surface area contributed by atoms with Gasteiger partial charge in [-0.15, -0.1) is 0 Å². The highest BCUT2D eigenvalue weighted by Gasteiger charge is 2.42. The molecule has 18 heavy (non-hydrogen) atoms. The number of rotatable bonds is 3. The third kappa shape index (κ3) is 2.85. The van der Waals surface area contributed by atoms with E-state index in [1.807, 2.05) is 6.92 Å². The molecule has 6 heteroatoms. The smallest absolute Gasteiger partial charge is 0.223 e. The molecular formula is C12H22N2O3S. The van der Waals surface area contributed by atoms with E-state index in [1.165, 1.54) is 0 Å². The first-order chi connectivity index (χ1) is 8.35. The summed E-state index contributed by atoms with van der Waals surface area (Å²) in [7, 11) is -2.98. The summed E-state index contributed by atoms with van der Waals surface area (Å²) in [5, 5.41) is 2.94. The Bertz CT molecular complexity index is 435. The maximum Gasteiger partial charge on any atom is 0.223 e. The van der Waals surface area contributed by atoms with Crippen molar-refractivity contribution in [1.29, 1.82) is 0 Å². The summed E-state index contributed by atoms with van der Waals surface area (Å²) in [4.78, 5) is 12.2. The highest BCUT2D eigenvalue weighted by atomic mass is 32.2. The summed E-state index contributed by atoms with van der Waals surface area (Å²) in [6.45, 7) is 2.36. The lowest BCUT2D eigenvalue weighted by Crippen LogP contribution is -2.50. The average Bonchev–Trinajstić information content (AvgIpc) is 2.82. The molecule has 1 amide bonds. The summed E-state index contributed by atoms with van der Waals surface area (Å²) < 4.78 is 23.0. The molecule has 2 fully saturated rings. The van der Waals surface area contributed by atoms with E-state index in [-0.39, 0.29) is 29.2 Å². The van der Waals surface area contributed by atoms with Gasteiger partial charge in [-0.1, -0.05) is 6.42 Å². The lowest BCUT2D eigenvalue weighted by molar-refractivity contribution is -0.127. The van der Waals surface area contributed by atoms with E-state index in [9.17, 15) is 13.2 Å². The van der Waals surface area contributed by atoms with E-state index in [4.69, 9.17) is 5.73 Å². The van der Waals surface area contributed by atoms with Crippen LogP contribution in [0.25, 0.3) is 0 Å². The second-order valence-corrected chi connectivity index (χ2v) is 8.11. The van der Waals surface area contributed by atoms with Crippen LogP contribution in [0.3, 0.4) is 0 Å². The number of hydrogen-bond acceptors (Lipinski definition) is 4. The van der Waals surface area contributed by atoms with Gasteiger partial charge in [-0.25, -0.2) is 8.42 Å². The van der Waals surface area contributed by atoms with Crippen molar-refractivity contribution < 1.29 is 13.2 Å². The molecule has 2 rings (SSSR count). The number of nitrogens with one attached hydrogen (secondary N) is 1. The van der Waals surface area contributed by atoms with Gasteiger partial charge in [0.1, 0.15) is 0 Å². The van der Waals surface area contributed by atoms with Crippen LogP contribution in [0.1, 0.15) is 32.6 Å². The van der Waals surface area contributed by atoms with Crippen molar-refractivity contribution in [3.05, 3.63) is 0 Å². The van der Waals surface area contributed by atoms with Crippen molar-refractivity contribution in [2.75, 3.05) is 18.1 Å². The van der Waals surface area contributed by atoms with Crippen LogP contribution in [0.4, 0.5) is 0 Å². The largest absolute Gasteiger partial charge is 0.350 e. The number of carbonyl (C=O) groups is 1. The molecule has 0 aromatic carbocycles. The molecule has 3 atom stereocenters. The fourth-order valence-electron chi connectivity index (χ4n) is 3.16. The molecule has 104 valence electrons. The number of hydrogen-bond donors (Lipinski definition) is 2. The Kier molecular flexibility index (Phi) is 3.69. The second kappa shape index (κ2) is 4.81. The highest BCUT2D eigenvalue weighted by Crippen LogP contribution is 2.32. The van der Waals surface area contributed by atoms with Gasteiger partial charge in [0.2, 0.25) is 5.91 Å². The summed E-state index contributed by atoms with van der Waals surface area (Å²) in [5.41, 5.74) is 5.08. The van der Waals surface area contributed by atoms with E-state index >= 15 is 0 Å². The van der Waals surface area contributed by atoms with Crippen molar-refractivity contribution in [2.24, 2.45) is 17.6 Å². The van der Waals surface area contributed by atoms with Gasteiger partial charge in [0.05, 0.1) is 17.0 Å². The first kappa shape index (κ1) is 13.8. The Morgan fingerprint density at radius 3 is 2.72 bits per heavy atom. The predicted octanol–water partition coefficient (Wildman–Crippen LogP) is 0.0548. The van der Waals surface area contributed by atoms with Crippen molar-refractivity contribution in [2.45, 2.75) is 38.1 Å². The Balaban J connectivity index is 1.99.